The van der Waals surface area contributed by atoms with Crippen molar-refractivity contribution >= 4 is 0 Å². The standard InChI is InChI=1S/C22H34NO2/c1-23(2,14-17-6-4-3-5-7-17)15-21(24)16-25-22-11-18-8-19(12-22)10-20(9-18)13-22/h3-7,18-21,24H,8-16H2,1-2H3/q+1/t18?,19?,20?,21-,22?/m0/s1. The molecule has 4 aliphatic carbocycles. The van der Waals surface area contributed by atoms with E-state index < -0.39 is 0 Å². The van der Waals surface area contributed by atoms with E-state index in [-0.39, 0.29) is 11.7 Å². The second-order valence-corrected chi connectivity index (χ2v) is 9.83. The van der Waals surface area contributed by atoms with Crippen LogP contribution < -0.4 is 0 Å². The van der Waals surface area contributed by atoms with E-state index in [1.54, 1.807) is 0 Å². The van der Waals surface area contributed by atoms with Gasteiger partial charge in [-0.25, -0.2) is 0 Å². The lowest BCUT2D eigenvalue weighted by Gasteiger charge is -2.56. The van der Waals surface area contributed by atoms with Crippen molar-refractivity contribution in [3.05, 3.63) is 35.9 Å². The third-order valence-electron chi connectivity index (χ3n) is 6.72. The van der Waals surface area contributed by atoms with Gasteiger partial charge in [0.05, 0.1) is 26.3 Å². The highest BCUT2D eigenvalue weighted by molar-refractivity contribution is 5.13. The summed E-state index contributed by atoms with van der Waals surface area (Å²) in [6.45, 7) is 2.18. The SMILES string of the molecule is C[N+](C)(Cc1ccccc1)C[C@H](O)COC12CC3CC(CC(C3)C1)C2. The van der Waals surface area contributed by atoms with Crippen molar-refractivity contribution < 1.29 is 14.3 Å². The van der Waals surface area contributed by atoms with E-state index in [0.717, 1.165) is 35.3 Å². The van der Waals surface area contributed by atoms with Crippen molar-refractivity contribution in [1.29, 1.82) is 0 Å². The maximum Gasteiger partial charge on any atom is 0.126 e. The number of aliphatic hydroxyl groups is 1. The number of rotatable bonds is 7. The molecule has 1 N–H and O–H groups in total. The van der Waals surface area contributed by atoms with Crippen LogP contribution in [-0.2, 0) is 11.3 Å². The summed E-state index contributed by atoms with van der Waals surface area (Å²) in [4.78, 5) is 0. The summed E-state index contributed by atoms with van der Waals surface area (Å²) in [5, 5.41) is 10.6. The molecule has 0 amide bonds. The molecule has 1 aromatic rings. The van der Waals surface area contributed by atoms with E-state index in [4.69, 9.17) is 4.74 Å². The summed E-state index contributed by atoms with van der Waals surface area (Å²) in [6.07, 6.45) is 7.66. The number of quaternary nitrogens is 1. The minimum atomic E-state index is -0.383. The number of benzene rings is 1. The first-order valence-electron chi connectivity index (χ1n) is 10.1. The second kappa shape index (κ2) is 6.68. The summed E-state index contributed by atoms with van der Waals surface area (Å²) in [7, 11) is 4.39. The van der Waals surface area contributed by atoms with Gasteiger partial charge in [-0.2, -0.15) is 0 Å². The van der Waals surface area contributed by atoms with Crippen LogP contribution >= 0.6 is 0 Å². The van der Waals surface area contributed by atoms with E-state index in [0.29, 0.717) is 6.61 Å². The van der Waals surface area contributed by atoms with Gasteiger partial charge in [-0.05, 0) is 56.3 Å². The predicted molar refractivity (Wildman–Crippen MR) is 100.0 cm³/mol. The fourth-order valence-electron chi connectivity index (χ4n) is 6.25. The molecule has 4 fully saturated rings. The van der Waals surface area contributed by atoms with Crippen LogP contribution in [0, 0.1) is 17.8 Å². The van der Waals surface area contributed by atoms with Gasteiger partial charge in [0.1, 0.15) is 19.2 Å². The zero-order chi connectivity index (χ0) is 17.5. The lowest BCUT2D eigenvalue weighted by atomic mass is 9.54. The highest BCUT2D eigenvalue weighted by Gasteiger charge is 2.51. The first kappa shape index (κ1) is 17.5. The molecular formula is C22H34NO2+. The Kier molecular flexibility index (Phi) is 4.68. The lowest BCUT2D eigenvalue weighted by Crippen LogP contribution is -2.53. The van der Waals surface area contributed by atoms with Gasteiger partial charge in [0.25, 0.3) is 0 Å². The van der Waals surface area contributed by atoms with Crippen LogP contribution in [0.1, 0.15) is 44.1 Å². The van der Waals surface area contributed by atoms with Gasteiger partial charge in [-0.3, -0.25) is 0 Å². The molecule has 4 aliphatic rings. The van der Waals surface area contributed by atoms with Crippen LogP contribution in [0.2, 0.25) is 0 Å². The van der Waals surface area contributed by atoms with Crippen LogP contribution in [0.15, 0.2) is 30.3 Å². The maximum absolute atomic E-state index is 10.6. The Balaban J connectivity index is 1.29. The van der Waals surface area contributed by atoms with Gasteiger partial charge in [-0.1, -0.05) is 30.3 Å². The Hall–Kier alpha value is -0.900. The molecule has 0 radical (unpaired) electrons. The summed E-state index contributed by atoms with van der Waals surface area (Å²) in [5.41, 5.74) is 1.42. The third-order valence-corrected chi connectivity index (χ3v) is 6.72. The molecule has 4 bridgehead atoms. The average Bonchev–Trinajstić information content (AvgIpc) is 2.52. The number of hydrogen-bond acceptors (Lipinski definition) is 2. The molecule has 0 spiro atoms. The lowest BCUT2D eigenvalue weighted by molar-refractivity contribution is -0.906. The molecule has 4 saturated carbocycles. The molecule has 25 heavy (non-hydrogen) atoms. The van der Waals surface area contributed by atoms with Crippen molar-refractivity contribution in [3.63, 3.8) is 0 Å². The van der Waals surface area contributed by atoms with Crippen LogP contribution in [0.25, 0.3) is 0 Å². The van der Waals surface area contributed by atoms with Crippen molar-refractivity contribution in [2.75, 3.05) is 27.2 Å². The first-order chi connectivity index (χ1) is 11.9. The molecule has 3 nitrogen and oxygen atoms in total. The highest BCUT2D eigenvalue weighted by atomic mass is 16.5. The zero-order valence-electron chi connectivity index (χ0n) is 15.9. The molecule has 0 saturated heterocycles. The molecule has 0 heterocycles. The molecule has 5 rings (SSSR count). The Morgan fingerprint density at radius 1 is 1.04 bits per heavy atom. The number of ether oxygens (including phenoxy) is 1. The van der Waals surface area contributed by atoms with Gasteiger partial charge >= 0.3 is 0 Å². The number of aliphatic hydroxyl groups excluding tert-OH is 1. The summed E-state index contributed by atoms with van der Waals surface area (Å²) in [6, 6.07) is 10.6. The van der Waals surface area contributed by atoms with Gasteiger partial charge in [0, 0.05) is 5.56 Å². The molecule has 0 aliphatic heterocycles. The highest BCUT2D eigenvalue weighted by Crippen LogP contribution is 2.57. The van der Waals surface area contributed by atoms with Crippen LogP contribution in [0.4, 0.5) is 0 Å². The Labute approximate surface area is 152 Å². The minimum absolute atomic E-state index is 0.103. The summed E-state index contributed by atoms with van der Waals surface area (Å²) < 4.78 is 7.23. The Morgan fingerprint density at radius 3 is 2.16 bits per heavy atom. The number of nitrogens with zero attached hydrogens (tertiary/aromatic N) is 1. The molecule has 3 heteroatoms. The average molecular weight is 345 g/mol. The predicted octanol–water partition coefficient (Wildman–Crippen LogP) is 3.61. The van der Waals surface area contributed by atoms with Crippen LogP contribution in [0.5, 0.6) is 0 Å². The van der Waals surface area contributed by atoms with Crippen molar-refractivity contribution in [3.8, 4) is 0 Å². The van der Waals surface area contributed by atoms with Gasteiger partial charge in [0.15, 0.2) is 0 Å². The first-order valence-corrected chi connectivity index (χ1v) is 10.1. The smallest absolute Gasteiger partial charge is 0.126 e. The van der Waals surface area contributed by atoms with E-state index in [1.165, 1.54) is 44.1 Å². The molecule has 0 aromatic heterocycles. The molecule has 1 aromatic carbocycles. The molecule has 138 valence electrons. The zero-order valence-corrected chi connectivity index (χ0v) is 15.9. The van der Waals surface area contributed by atoms with E-state index in [1.807, 2.05) is 0 Å². The second-order valence-electron chi connectivity index (χ2n) is 9.83. The van der Waals surface area contributed by atoms with Gasteiger partial charge < -0.3 is 14.3 Å². The van der Waals surface area contributed by atoms with E-state index >= 15 is 0 Å². The van der Waals surface area contributed by atoms with Crippen LogP contribution in [0.3, 0.4) is 0 Å². The van der Waals surface area contributed by atoms with Gasteiger partial charge in [0.2, 0.25) is 0 Å². The quantitative estimate of drug-likeness (QED) is 0.766. The number of hydrogen-bond donors (Lipinski definition) is 1. The fraction of sp³-hybridized carbons (Fsp3) is 0.727. The topological polar surface area (TPSA) is 29.5 Å². The van der Waals surface area contributed by atoms with Crippen LogP contribution in [-0.4, -0.2) is 48.5 Å². The normalized spacial score (nSPS) is 35.1. The largest absolute Gasteiger partial charge is 0.385 e. The maximum atomic E-state index is 10.6. The van der Waals surface area contributed by atoms with E-state index in [2.05, 4.69) is 44.4 Å². The van der Waals surface area contributed by atoms with Crippen molar-refractivity contribution in [2.24, 2.45) is 17.8 Å². The van der Waals surface area contributed by atoms with Crippen molar-refractivity contribution in [1.82, 2.24) is 0 Å². The van der Waals surface area contributed by atoms with Gasteiger partial charge in [-0.15, -0.1) is 0 Å². The third kappa shape index (κ3) is 4.10. The summed E-state index contributed by atoms with van der Waals surface area (Å²) >= 11 is 0. The number of likely N-dealkylation sites (N-methyl/N-ethyl adjacent to an activating group) is 1. The fourth-order valence-corrected chi connectivity index (χ4v) is 6.25. The molecule has 1 atom stereocenters. The Morgan fingerprint density at radius 2 is 1.60 bits per heavy atom. The minimum Gasteiger partial charge on any atom is -0.385 e. The van der Waals surface area contributed by atoms with E-state index in [9.17, 15) is 5.11 Å². The summed E-state index contributed by atoms with van der Waals surface area (Å²) in [5.74, 6) is 2.69. The Bertz CT molecular complexity index is 548. The molecular weight excluding hydrogens is 310 g/mol. The monoisotopic (exact) mass is 344 g/mol. The van der Waals surface area contributed by atoms with Crippen molar-refractivity contribution in [2.45, 2.75) is 56.8 Å². The molecule has 0 unspecified atom stereocenters.